The van der Waals surface area contributed by atoms with Crippen LogP contribution in [0, 0.1) is 6.92 Å². The van der Waals surface area contributed by atoms with Crippen LogP contribution in [0.4, 0.5) is 0 Å². The molecule has 0 aromatic heterocycles. The Morgan fingerprint density at radius 2 is 2.18 bits per heavy atom. The Labute approximate surface area is 102 Å². The smallest absolute Gasteiger partial charge is 0.254 e. The van der Waals surface area contributed by atoms with E-state index in [0.717, 1.165) is 29.7 Å². The minimum Gasteiger partial charge on any atom is -0.334 e. The molecule has 17 heavy (non-hydrogen) atoms. The number of carbonyl (C=O) groups is 1. The molecule has 0 unspecified atom stereocenters. The zero-order valence-corrected chi connectivity index (χ0v) is 10.1. The molecule has 0 aliphatic carbocycles. The lowest BCUT2D eigenvalue weighted by molar-refractivity contribution is 0.0767. The summed E-state index contributed by atoms with van der Waals surface area (Å²) in [6.45, 7) is 7.21. The van der Waals surface area contributed by atoms with Crippen molar-refractivity contribution in [3.8, 4) is 0 Å². The third-order valence-electron chi connectivity index (χ3n) is 3.10. The summed E-state index contributed by atoms with van der Waals surface area (Å²) in [5, 5.41) is 0. The molecule has 1 amide bonds. The van der Waals surface area contributed by atoms with Gasteiger partial charge in [-0.15, -0.1) is 0 Å². The summed E-state index contributed by atoms with van der Waals surface area (Å²) >= 11 is 0. The Morgan fingerprint density at radius 1 is 1.41 bits per heavy atom. The lowest BCUT2D eigenvalue weighted by Crippen LogP contribution is -2.35. The molecule has 0 N–H and O–H groups in total. The molecule has 0 spiro atoms. The highest BCUT2D eigenvalue weighted by atomic mass is 16.2. The highest BCUT2D eigenvalue weighted by Gasteiger charge is 2.19. The largest absolute Gasteiger partial charge is 0.334 e. The van der Waals surface area contributed by atoms with E-state index in [-0.39, 0.29) is 5.91 Å². The summed E-state index contributed by atoms with van der Waals surface area (Å²) < 4.78 is 0. The first-order valence-electron chi connectivity index (χ1n) is 5.88. The van der Waals surface area contributed by atoms with Crippen LogP contribution in [0.5, 0.6) is 0 Å². The number of nitrogens with zero attached hydrogens (tertiary/aromatic N) is 1. The summed E-state index contributed by atoms with van der Waals surface area (Å²) in [5.74, 6) is 0.121. The third-order valence-corrected chi connectivity index (χ3v) is 3.10. The predicted molar refractivity (Wildman–Crippen MR) is 70.0 cm³/mol. The maximum absolute atomic E-state index is 12.3. The van der Waals surface area contributed by atoms with Gasteiger partial charge < -0.3 is 4.90 Å². The van der Waals surface area contributed by atoms with Gasteiger partial charge in [0.25, 0.3) is 5.91 Å². The lowest BCUT2D eigenvalue weighted by Gasteiger charge is -2.27. The van der Waals surface area contributed by atoms with Crippen molar-refractivity contribution in [2.24, 2.45) is 0 Å². The highest BCUT2D eigenvalue weighted by Crippen LogP contribution is 2.16. The molecule has 0 bridgehead atoms. The molecule has 1 aromatic carbocycles. The van der Waals surface area contributed by atoms with Gasteiger partial charge in [-0.3, -0.25) is 4.79 Å². The first-order chi connectivity index (χ1) is 8.22. The van der Waals surface area contributed by atoms with Crippen LogP contribution in [0.15, 0.2) is 48.6 Å². The maximum Gasteiger partial charge on any atom is 0.254 e. The molecule has 1 aromatic rings. The van der Waals surface area contributed by atoms with E-state index >= 15 is 0 Å². The second-order valence-corrected chi connectivity index (χ2v) is 4.31. The molecular formula is C15H17NO. The van der Waals surface area contributed by atoms with Crippen LogP contribution in [-0.4, -0.2) is 23.9 Å². The van der Waals surface area contributed by atoms with Gasteiger partial charge in [0.2, 0.25) is 0 Å². The molecule has 2 nitrogen and oxygen atoms in total. The van der Waals surface area contributed by atoms with E-state index in [1.807, 2.05) is 42.2 Å². The minimum absolute atomic E-state index is 0.121. The SMILES string of the molecule is C=CC1=CCCN(C(=O)c2ccccc2C)C1. The number of aryl methyl sites for hydroxylation is 1. The van der Waals surface area contributed by atoms with Crippen LogP contribution in [0.1, 0.15) is 22.3 Å². The molecule has 0 saturated carbocycles. The van der Waals surface area contributed by atoms with Gasteiger partial charge in [-0.05, 0) is 30.5 Å². The van der Waals surface area contributed by atoms with Crippen LogP contribution in [0.25, 0.3) is 0 Å². The lowest BCUT2D eigenvalue weighted by atomic mass is 10.0. The van der Waals surface area contributed by atoms with Gasteiger partial charge in [0, 0.05) is 18.7 Å². The molecule has 1 aliphatic rings. The zero-order chi connectivity index (χ0) is 12.3. The maximum atomic E-state index is 12.3. The first-order valence-corrected chi connectivity index (χ1v) is 5.88. The summed E-state index contributed by atoms with van der Waals surface area (Å²) in [5.41, 5.74) is 2.98. The number of benzene rings is 1. The fraction of sp³-hybridized carbons (Fsp3) is 0.267. The Balaban J connectivity index is 2.19. The molecule has 88 valence electrons. The van der Waals surface area contributed by atoms with Crippen molar-refractivity contribution in [1.82, 2.24) is 4.90 Å². The molecule has 0 radical (unpaired) electrons. The predicted octanol–water partition coefficient (Wildman–Crippen LogP) is 2.95. The van der Waals surface area contributed by atoms with Crippen molar-refractivity contribution >= 4 is 5.91 Å². The second-order valence-electron chi connectivity index (χ2n) is 4.31. The minimum atomic E-state index is 0.121. The van der Waals surface area contributed by atoms with Crippen molar-refractivity contribution in [2.45, 2.75) is 13.3 Å². The molecule has 2 heteroatoms. The van der Waals surface area contributed by atoms with Gasteiger partial charge >= 0.3 is 0 Å². The zero-order valence-electron chi connectivity index (χ0n) is 10.1. The van der Waals surface area contributed by atoms with Crippen LogP contribution in [0.3, 0.4) is 0 Å². The van der Waals surface area contributed by atoms with E-state index < -0.39 is 0 Å². The average molecular weight is 227 g/mol. The number of carbonyl (C=O) groups excluding carboxylic acids is 1. The number of hydrogen-bond donors (Lipinski definition) is 0. The van der Waals surface area contributed by atoms with Crippen molar-refractivity contribution in [1.29, 1.82) is 0 Å². The number of hydrogen-bond acceptors (Lipinski definition) is 1. The van der Waals surface area contributed by atoms with Gasteiger partial charge in [0.05, 0.1) is 0 Å². The van der Waals surface area contributed by atoms with Gasteiger partial charge in [0.15, 0.2) is 0 Å². The molecule has 1 heterocycles. The van der Waals surface area contributed by atoms with E-state index in [9.17, 15) is 4.79 Å². The van der Waals surface area contributed by atoms with E-state index in [4.69, 9.17) is 0 Å². The van der Waals surface area contributed by atoms with Gasteiger partial charge in [-0.25, -0.2) is 0 Å². The van der Waals surface area contributed by atoms with Gasteiger partial charge in [0.1, 0.15) is 0 Å². The van der Waals surface area contributed by atoms with E-state index in [2.05, 4.69) is 12.7 Å². The van der Waals surface area contributed by atoms with Gasteiger partial charge in [-0.2, -0.15) is 0 Å². The monoisotopic (exact) mass is 227 g/mol. The van der Waals surface area contributed by atoms with E-state index in [0.29, 0.717) is 6.54 Å². The van der Waals surface area contributed by atoms with Gasteiger partial charge in [-0.1, -0.05) is 36.9 Å². The summed E-state index contributed by atoms with van der Waals surface area (Å²) in [4.78, 5) is 14.2. The second kappa shape index (κ2) is 5.00. The van der Waals surface area contributed by atoms with E-state index in [1.165, 1.54) is 0 Å². The Hall–Kier alpha value is -1.83. The fourth-order valence-electron chi connectivity index (χ4n) is 2.07. The number of amides is 1. The Bertz CT molecular complexity index is 474. The van der Waals surface area contributed by atoms with E-state index in [1.54, 1.807) is 0 Å². The van der Waals surface area contributed by atoms with Crippen molar-refractivity contribution < 1.29 is 4.79 Å². The summed E-state index contributed by atoms with van der Waals surface area (Å²) in [7, 11) is 0. The average Bonchev–Trinajstić information content (AvgIpc) is 2.38. The van der Waals surface area contributed by atoms with Crippen LogP contribution in [0.2, 0.25) is 0 Å². The Kier molecular flexibility index (Phi) is 3.43. The highest BCUT2D eigenvalue weighted by molar-refractivity contribution is 5.95. The van der Waals surface area contributed by atoms with Crippen LogP contribution < -0.4 is 0 Å². The van der Waals surface area contributed by atoms with Crippen molar-refractivity contribution in [3.05, 3.63) is 59.7 Å². The topological polar surface area (TPSA) is 20.3 Å². The number of rotatable bonds is 2. The molecule has 0 atom stereocenters. The molecule has 2 rings (SSSR count). The van der Waals surface area contributed by atoms with Crippen molar-refractivity contribution in [3.63, 3.8) is 0 Å². The van der Waals surface area contributed by atoms with Crippen LogP contribution >= 0.6 is 0 Å². The molecular weight excluding hydrogens is 210 g/mol. The normalized spacial score (nSPS) is 15.4. The first kappa shape index (κ1) is 11.6. The van der Waals surface area contributed by atoms with Crippen LogP contribution in [-0.2, 0) is 0 Å². The quantitative estimate of drug-likeness (QED) is 0.760. The van der Waals surface area contributed by atoms with Crippen molar-refractivity contribution in [2.75, 3.05) is 13.1 Å². The third kappa shape index (κ3) is 2.47. The summed E-state index contributed by atoms with van der Waals surface area (Å²) in [6, 6.07) is 7.73. The standard InChI is InChI=1S/C15H17NO/c1-3-13-8-6-10-16(11-13)15(17)14-9-5-4-7-12(14)2/h3-5,7-9H,1,6,10-11H2,2H3. The molecule has 0 fully saturated rings. The molecule has 0 saturated heterocycles. The Morgan fingerprint density at radius 3 is 2.88 bits per heavy atom. The molecule has 1 aliphatic heterocycles. The summed E-state index contributed by atoms with van der Waals surface area (Å²) in [6.07, 6.45) is 4.89. The fourth-order valence-corrected chi connectivity index (χ4v) is 2.07.